The average molecular weight is 406 g/mol. The Hall–Kier alpha value is -2.04. The minimum atomic E-state index is 0.207. The van der Waals surface area contributed by atoms with E-state index >= 15 is 0 Å². The largest absolute Gasteiger partial charge is 0.377 e. The summed E-state index contributed by atoms with van der Waals surface area (Å²) < 4.78 is 5.81. The van der Waals surface area contributed by atoms with Crippen molar-refractivity contribution < 1.29 is 4.74 Å². The maximum Gasteiger partial charge on any atom is 0.0821 e. The first kappa shape index (κ1) is 19.9. The summed E-state index contributed by atoms with van der Waals surface area (Å²) >= 11 is 0. The molecule has 5 rings (SSSR count). The first-order valence-corrected chi connectivity index (χ1v) is 11.6. The topological polar surface area (TPSA) is 19.0 Å². The van der Waals surface area contributed by atoms with Crippen LogP contribution < -0.4 is 9.80 Å². The molecule has 3 atom stereocenters. The number of fused-ring (bicyclic) bond motifs is 3. The first-order valence-electron chi connectivity index (χ1n) is 11.6. The summed E-state index contributed by atoms with van der Waals surface area (Å²) in [6.07, 6.45) is 3.76. The van der Waals surface area contributed by atoms with Gasteiger partial charge in [-0.15, -0.1) is 0 Å². The van der Waals surface area contributed by atoms with Gasteiger partial charge in [-0.05, 0) is 49.9 Å². The van der Waals surface area contributed by atoms with Crippen molar-refractivity contribution in [1.29, 1.82) is 0 Å². The summed E-state index contributed by atoms with van der Waals surface area (Å²) in [5, 5.41) is 0. The molecule has 0 aliphatic carbocycles. The minimum Gasteiger partial charge on any atom is -0.377 e. The van der Waals surface area contributed by atoms with Crippen LogP contribution in [0.4, 0.5) is 11.4 Å². The zero-order chi connectivity index (χ0) is 20.7. The molecule has 1 fully saturated rings. The van der Waals surface area contributed by atoms with Gasteiger partial charge in [0.15, 0.2) is 0 Å². The highest BCUT2D eigenvalue weighted by Gasteiger charge is 2.44. The van der Waals surface area contributed by atoms with E-state index in [2.05, 4.69) is 71.1 Å². The Labute approximate surface area is 181 Å². The van der Waals surface area contributed by atoms with E-state index in [1.54, 1.807) is 5.56 Å². The minimum absolute atomic E-state index is 0.207. The summed E-state index contributed by atoms with van der Waals surface area (Å²) in [4.78, 5) is 7.86. The Morgan fingerprint density at radius 2 is 1.90 bits per heavy atom. The Morgan fingerprint density at radius 1 is 1.07 bits per heavy atom. The van der Waals surface area contributed by atoms with E-state index in [0.717, 1.165) is 13.0 Å². The number of aryl methyl sites for hydroxylation is 1. The molecule has 3 aliphatic heterocycles. The van der Waals surface area contributed by atoms with E-state index in [9.17, 15) is 0 Å². The standard InChI is InChI=1S/C26H35N3O/c1-19-9-11-20(12-10-19)25(30-3)8-5-14-28-15-13-23-22(18-28)21-6-4-7-24-26(21)29(23)17-16-27(24)2/h4,6-7,9-12,22-23,25H,5,8,13-18H2,1-3H3/t22-,23-,25?/m0/s1. The van der Waals surface area contributed by atoms with Gasteiger partial charge in [0.2, 0.25) is 0 Å². The third-order valence-electron chi connectivity index (χ3n) is 7.56. The molecular weight excluding hydrogens is 370 g/mol. The number of hydrogen-bond donors (Lipinski definition) is 0. The molecule has 0 bridgehead atoms. The number of methoxy groups -OCH3 is 1. The number of anilines is 2. The molecule has 30 heavy (non-hydrogen) atoms. The fourth-order valence-electron chi connectivity index (χ4n) is 5.88. The lowest BCUT2D eigenvalue weighted by atomic mass is 9.89. The molecule has 2 aromatic carbocycles. The van der Waals surface area contributed by atoms with E-state index in [-0.39, 0.29) is 6.10 Å². The molecular formula is C26H35N3O. The van der Waals surface area contributed by atoms with E-state index in [0.29, 0.717) is 12.0 Å². The number of hydrogen-bond acceptors (Lipinski definition) is 4. The number of ether oxygens (including phenoxy) is 1. The van der Waals surface area contributed by atoms with Crippen LogP contribution in [-0.2, 0) is 4.74 Å². The van der Waals surface area contributed by atoms with Gasteiger partial charge in [0.05, 0.1) is 17.5 Å². The highest BCUT2D eigenvalue weighted by molar-refractivity contribution is 5.80. The normalized spacial score (nSPS) is 24.0. The molecule has 4 heteroatoms. The molecule has 0 aromatic heterocycles. The lowest BCUT2D eigenvalue weighted by molar-refractivity contribution is 0.0878. The van der Waals surface area contributed by atoms with Crippen LogP contribution in [0.1, 0.15) is 48.0 Å². The highest BCUT2D eigenvalue weighted by Crippen LogP contribution is 2.50. The fourth-order valence-corrected chi connectivity index (χ4v) is 5.88. The monoisotopic (exact) mass is 405 g/mol. The summed E-state index contributed by atoms with van der Waals surface area (Å²) in [5.74, 6) is 0.663. The molecule has 3 aliphatic rings. The van der Waals surface area contributed by atoms with Gasteiger partial charge in [-0.3, -0.25) is 0 Å². The second-order valence-electron chi connectivity index (χ2n) is 9.37. The van der Waals surface area contributed by atoms with Crippen molar-refractivity contribution in [3.63, 3.8) is 0 Å². The van der Waals surface area contributed by atoms with Crippen molar-refractivity contribution in [2.75, 3.05) is 56.7 Å². The van der Waals surface area contributed by atoms with Crippen LogP contribution in [0.5, 0.6) is 0 Å². The summed E-state index contributed by atoms with van der Waals surface area (Å²) in [5.41, 5.74) is 7.16. The molecule has 0 amide bonds. The summed E-state index contributed by atoms with van der Waals surface area (Å²) in [6, 6.07) is 16.5. The number of likely N-dealkylation sites (tertiary alicyclic amines) is 1. The molecule has 0 saturated carbocycles. The van der Waals surface area contributed by atoms with Crippen molar-refractivity contribution >= 4 is 11.4 Å². The Bertz CT molecular complexity index is 880. The van der Waals surface area contributed by atoms with Crippen molar-refractivity contribution in [3.05, 3.63) is 59.2 Å². The smallest absolute Gasteiger partial charge is 0.0821 e. The lowest BCUT2D eigenvalue weighted by Crippen LogP contribution is -2.49. The van der Waals surface area contributed by atoms with Crippen LogP contribution in [-0.4, -0.2) is 57.8 Å². The van der Waals surface area contributed by atoms with Gasteiger partial charge in [0.1, 0.15) is 0 Å². The van der Waals surface area contributed by atoms with Gasteiger partial charge in [-0.1, -0.05) is 42.0 Å². The number of para-hydroxylation sites is 1. The van der Waals surface area contributed by atoms with Crippen molar-refractivity contribution in [1.82, 2.24) is 4.90 Å². The van der Waals surface area contributed by atoms with Crippen molar-refractivity contribution in [3.8, 4) is 0 Å². The van der Waals surface area contributed by atoms with Crippen LogP contribution in [0.15, 0.2) is 42.5 Å². The molecule has 1 saturated heterocycles. The van der Waals surface area contributed by atoms with E-state index in [1.807, 2.05) is 7.11 Å². The average Bonchev–Trinajstić information content (AvgIpc) is 3.09. The molecule has 3 heterocycles. The Kier molecular flexibility index (Phi) is 5.46. The van der Waals surface area contributed by atoms with Crippen LogP contribution >= 0.6 is 0 Å². The predicted molar refractivity (Wildman–Crippen MR) is 125 cm³/mol. The zero-order valence-corrected chi connectivity index (χ0v) is 18.7. The van der Waals surface area contributed by atoms with Crippen LogP contribution in [0.3, 0.4) is 0 Å². The van der Waals surface area contributed by atoms with Crippen LogP contribution in [0, 0.1) is 6.92 Å². The number of piperidine rings is 1. The number of benzene rings is 2. The zero-order valence-electron chi connectivity index (χ0n) is 18.7. The molecule has 0 radical (unpaired) electrons. The van der Waals surface area contributed by atoms with E-state index < -0.39 is 0 Å². The summed E-state index contributed by atoms with van der Waals surface area (Å²) in [7, 11) is 4.08. The third kappa shape index (κ3) is 3.50. The lowest BCUT2D eigenvalue weighted by Gasteiger charge is -2.41. The second kappa shape index (κ2) is 8.24. The van der Waals surface area contributed by atoms with Gasteiger partial charge in [0, 0.05) is 52.3 Å². The summed E-state index contributed by atoms with van der Waals surface area (Å²) in [6.45, 7) is 8.04. The maximum atomic E-state index is 5.81. The number of likely N-dealkylation sites (N-methyl/N-ethyl adjacent to an activating group) is 1. The molecule has 1 unspecified atom stereocenters. The van der Waals surface area contributed by atoms with Gasteiger partial charge < -0.3 is 19.4 Å². The van der Waals surface area contributed by atoms with Crippen LogP contribution in [0.2, 0.25) is 0 Å². The molecule has 160 valence electrons. The highest BCUT2D eigenvalue weighted by atomic mass is 16.5. The SMILES string of the molecule is COC(CCCN1CC[C@H]2[C@@H](C1)c1cccc3c1N2CCN3C)c1ccc(C)cc1. The fraction of sp³-hybridized carbons (Fsp3) is 0.538. The van der Waals surface area contributed by atoms with Crippen molar-refractivity contribution in [2.24, 2.45) is 0 Å². The van der Waals surface area contributed by atoms with Gasteiger partial charge in [-0.25, -0.2) is 0 Å². The number of rotatable bonds is 6. The number of nitrogens with zero attached hydrogens (tertiary/aromatic N) is 3. The maximum absolute atomic E-state index is 5.81. The second-order valence-corrected chi connectivity index (χ2v) is 9.37. The van der Waals surface area contributed by atoms with Gasteiger partial charge in [-0.2, -0.15) is 0 Å². The third-order valence-corrected chi connectivity index (χ3v) is 7.56. The van der Waals surface area contributed by atoms with Crippen LogP contribution in [0.25, 0.3) is 0 Å². The van der Waals surface area contributed by atoms with E-state index in [4.69, 9.17) is 4.74 Å². The first-order chi connectivity index (χ1) is 14.7. The van der Waals surface area contributed by atoms with Gasteiger partial charge in [0.25, 0.3) is 0 Å². The quantitative estimate of drug-likeness (QED) is 0.700. The van der Waals surface area contributed by atoms with Crippen molar-refractivity contribution in [2.45, 2.75) is 44.2 Å². The molecule has 4 nitrogen and oxygen atoms in total. The Morgan fingerprint density at radius 3 is 2.70 bits per heavy atom. The Balaban J connectivity index is 1.22. The molecule has 0 spiro atoms. The molecule has 0 N–H and O–H groups in total. The predicted octanol–water partition coefficient (Wildman–Crippen LogP) is 4.59. The van der Waals surface area contributed by atoms with E-state index in [1.165, 1.54) is 61.5 Å². The van der Waals surface area contributed by atoms with Gasteiger partial charge >= 0.3 is 0 Å². The molecule has 2 aromatic rings.